The maximum atomic E-state index is 13.6. The summed E-state index contributed by atoms with van der Waals surface area (Å²) in [5, 5.41) is 4.05. The summed E-state index contributed by atoms with van der Waals surface area (Å²) >= 11 is 5.91. The fourth-order valence-corrected chi connectivity index (χ4v) is 2.44. The smallest absolute Gasteiger partial charge is 0.126 e. The van der Waals surface area contributed by atoms with Gasteiger partial charge in [-0.05, 0) is 49.1 Å². The molecule has 1 aromatic rings. The van der Waals surface area contributed by atoms with E-state index in [0.717, 1.165) is 30.9 Å². The van der Waals surface area contributed by atoms with Gasteiger partial charge in [0.2, 0.25) is 0 Å². The SMILES string of the molecule is CCNC(Cc1cc(Cl)ccc1F)CC1CC1. The van der Waals surface area contributed by atoms with Crippen LogP contribution in [0.3, 0.4) is 0 Å². The molecular weight excluding hydrogens is 237 g/mol. The molecule has 1 aromatic carbocycles. The van der Waals surface area contributed by atoms with Crippen molar-refractivity contribution in [1.29, 1.82) is 0 Å². The first-order valence-electron chi connectivity index (χ1n) is 6.36. The zero-order chi connectivity index (χ0) is 12.3. The highest BCUT2D eigenvalue weighted by Crippen LogP contribution is 2.34. The number of hydrogen-bond donors (Lipinski definition) is 1. The second kappa shape index (κ2) is 5.83. The number of rotatable bonds is 6. The molecule has 0 aromatic heterocycles. The third-order valence-corrected chi connectivity index (χ3v) is 3.52. The minimum absolute atomic E-state index is 0.145. The van der Waals surface area contributed by atoms with Crippen LogP contribution >= 0.6 is 11.6 Å². The molecule has 0 amide bonds. The van der Waals surface area contributed by atoms with E-state index in [-0.39, 0.29) is 5.82 Å². The fraction of sp³-hybridized carbons (Fsp3) is 0.571. The van der Waals surface area contributed by atoms with Crippen LogP contribution in [0.15, 0.2) is 18.2 Å². The Balaban J connectivity index is 2.01. The topological polar surface area (TPSA) is 12.0 Å². The van der Waals surface area contributed by atoms with E-state index in [1.54, 1.807) is 12.1 Å². The predicted octanol–water partition coefficient (Wildman–Crippen LogP) is 3.80. The summed E-state index contributed by atoms with van der Waals surface area (Å²) in [6, 6.07) is 5.18. The zero-order valence-electron chi connectivity index (χ0n) is 10.2. The van der Waals surface area contributed by atoms with E-state index in [1.807, 2.05) is 0 Å². The van der Waals surface area contributed by atoms with Gasteiger partial charge in [0.1, 0.15) is 5.82 Å². The van der Waals surface area contributed by atoms with Crippen molar-refractivity contribution in [3.8, 4) is 0 Å². The number of nitrogens with one attached hydrogen (secondary N) is 1. The van der Waals surface area contributed by atoms with Gasteiger partial charge in [-0.3, -0.25) is 0 Å². The first-order valence-corrected chi connectivity index (χ1v) is 6.74. The minimum atomic E-state index is -0.145. The van der Waals surface area contributed by atoms with E-state index in [0.29, 0.717) is 11.1 Å². The number of hydrogen-bond acceptors (Lipinski definition) is 1. The Labute approximate surface area is 107 Å². The molecule has 1 fully saturated rings. The first kappa shape index (κ1) is 12.8. The van der Waals surface area contributed by atoms with Crippen molar-refractivity contribution in [2.75, 3.05) is 6.54 Å². The van der Waals surface area contributed by atoms with E-state index in [9.17, 15) is 4.39 Å². The molecule has 1 unspecified atom stereocenters. The number of benzene rings is 1. The third kappa shape index (κ3) is 3.97. The van der Waals surface area contributed by atoms with Crippen molar-refractivity contribution in [3.05, 3.63) is 34.6 Å². The van der Waals surface area contributed by atoms with Crippen LogP contribution in [0, 0.1) is 11.7 Å². The lowest BCUT2D eigenvalue weighted by atomic mass is 10.0. The van der Waals surface area contributed by atoms with Crippen LogP contribution in [-0.2, 0) is 6.42 Å². The highest BCUT2D eigenvalue weighted by atomic mass is 35.5. The van der Waals surface area contributed by atoms with Gasteiger partial charge in [-0.2, -0.15) is 0 Å². The van der Waals surface area contributed by atoms with Crippen LogP contribution < -0.4 is 5.32 Å². The molecule has 1 aliphatic carbocycles. The van der Waals surface area contributed by atoms with Gasteiger partial charge < -0.3 is 5.32 Å². The third-order valence-electron chi connectivity index (χ3n) is 3.28. The Hall–Kier alpha value is -0.600. The maximum Gasteiger partial charge on any atom is 0.126 e. The molecule has 2 rings (SSSR count). The van der Waals surface area contributed by atoms with Crippen molar-refractivity contribution in [1.82, 2.24) is 5.32 Å². The molecule has 0 heterocycles. The Morgan fingerprint density at radius 1 is 1.47 bits per heavy atom. The normalized spacial score (nSPS) is 17.1. The monoisotopic (exact) mass is 255 g/mol. The summed E-state index contributed by atoms with van der Waals surface area (Å²) in [6.45, 7) is 3.02. The average Bonchev–Trinajstić information content (AvgIpc) is 3.08. The largest absolute Gasteiger partial charge is 0.314 e. The second-order valence-electron chi connectivity index (χ2n) is 4.87. The highest BCUT2D eigenvalue weighted by molar-refractivity contribution is 6.30. The predicted molar refractivity (Wildman–Crippen MR) is 69.9 cm³/mol. The molecular formula is C14H19ClFN. The number of likely N-dealkylation sites (N-methyl/N-ethyl adjacent to an activating group) is 1. The van der Waals surface area contributed by atoms with Crippen LogP contribution in [0.25, 0.3) is 0 Å². The lowest BCUT2D eigenvalue weighted by Crippen LogP contribution is -2.31. The van der Waals surface area contributed by atoms with Crippen molar-refractivity contribution in [2.24, 2.45) is 5.92 Å². The molecule has 0 bridgehead atoms. The van der Waals surface area contributed by atoms with Crippen molar-refractivity contribution in [3.63, 3.8) is 0 Å². The van der Waals surface area contributed by atoms with E-state index < -0.39 is 0 Å². The average molecular weight is 256 g/mol. The van der Waals surface area contributed by atoms with Gasteiger partial charge in [-0.1, -0.05) is 31.4 Å². The van der Waals surface area contributed by atoms with E-state index in [1.165, 1.54) is 18.9 Å². The number of halogens is 2. The van der Waals surface area contributed by atoms with Crippen molar-refractivity contribution < 1.29 is 4.39 Å². The van der Waals surface area contributed by atoms with Crippen molar-refractivity contribution >= 4 is 11.6 Å². The zero-order valence-corrected chi connectivity index (χ0v) is 10.9. The maximum absolute atomic E-state index is 13.6. The van der Waals surface area contributed by atoms with E-state index in [2.05, 4.69) is 12.2 Å². The Bertz CT molecular complexity index is 376. The molecule has 17 heavy (non-hydrogen) atoms. The molecule has 1 aliphatic rings. The summed E-state index contributed by atoms with van der Waals surface area (Å²) in [5.74, 6) is 0.703. The summed E-state index contributed by atoms with van der Waals surface area (Å²) in [6.07, 6.45) is 4.55. The molecule has 0 aliphatic heterocycles. The molecule has 3 heteroatoms. The van der Waals surface area contributed by atoms with Gasteiger partial charge >= 0.3 is 0 Å². The van der Waals surface area contributed by atoms with Crippen LogP contribution in [0.1, 0.15) is 31.7 Å². The van der Waals surface area contributed by atoms with Crippen LogP contribution in [-0.4, -0.2) is 12.6 Å². The molecule has 1 atom stereocenters. The van der Waals surface area contributed by atoms with Crippen molar-refractivity contribution in [2.45, 2.75) is 38.6 Å². The Morgan fingerprint density at radius 3 is 2.88 bits per heavy atom. The molecule has 94 valence electrons. The molecule has 1 N–H and O–H groups in total. The van der Waals surface area contributed by atoms with Crippen LogP contribution in [0.5, 0.6) is 0 Å². The van der Waals surface area contributed by atoms with Gasteiger partial charge in [0.05, 0.1) is 0 Å². The lowest BCUT2D eigenvalue weighted by molar-refractivity contribution is 0.457. The lowest BCUT2D eigenvalue weighted by Gasteiger charge is -2.18. The Kier molecular flexibility index (Phi) is 4.41. The van der Waals surface area contributed by atoms with E-state index in [4.69, 9.17) is 11.6 Å². The Morgan fingerprint density at radius 2 is 2.24 bits per heavy atom. The summed E-state index contributed by atoms with van der Waals surface area (Å²) in [4.78, 5) is 0. The van der Waals surface area contributed by atoms with E-state index >= 15 is 0 Å². The van der Waals surface area contributed by atoms with Gasteiger partial charge in [-0.15, -0.1) is 0 Å². The van der Waals surface area contributed by atoms with Gasteiger partial charge in [-0.25, -0.2) is 4.39 Å². The summed E-state index contributed by atoms with van der Waals surface area (Å²) < 4.78 is 13.6. The molecule has 0 saturated heterocycles. The molecule has 0 radical (unpaired) electrons. The molecule has 1 nitrogen and oxygen atoms in total. The summed E-state index contributed by atoms with van der Waals surface area (Å²) in [7, 11) is 0. The highest BCUT2D eigenvalue weighted by Gasteiger charge is 2.25. The minimum Gasteiger partial charge on any atom is -0.314 e. The molecule has 0 spiro atoms. The standard InChI is InChI=1S/C14H19ClFN/c1-2-17-13(7-10-3-4-10)9-11-8-12(15)5-6-14(11)16/h5-6,8,10,13,17H,2-4,7,9H2,1H3. The fourth-order valence-electron chi connectivity index (χ4n) is 2.25. The van der Waals surface area contributed by atoms with Gasteiger partial charge in [0, 0.05) is 11.1 Å². The van der Waals surface area contributed by atoms with Gasteiger partial charge in [0.25, 0.3) is 0 Å². The quantitative estimate of drug-likeness (QED) is 0.815. The van der Waals surface area contributed by atoms with Crippen LogP contribution in [0.2, 0.25) is 5.02 Å². The molecule has 1 saturated carbocycles. The van der Waals surface area contributed by atoms with Crippen LogP contribution in [0.4, 0.5) is 4.39 Å². The second-order valence-corrected chi connectivity index (χ2v) is 5.31. The first-order chi connectivity index (χ1) is 8.19. The van der Waals surface area contributed by atoms with Gasteiger partial charge in [0.15, 0.2) is 0 Å². The summed E-state index contributed by atoms with van der Waals surface area (Å²) in [5.41, 5.74) is 0.726.